The van der Waals surface area contributed by atoms with E-state index in [0.717, 1.165) is 16.6 Å². The van der Waals surface area contributed by atoms with E-state index in [2.05, 4.69) is 20.5 Å². The number of hydrogen-bond donors (Lipinski definition) is 1. The van der Waals surface area contributed by atoms with Crippen molar-refractivity contribution in [1.82, 2.24) is 25.2 Å². The van der Waals surface area contributed by atoms with Gasteiger partial charge in [0.05, 0.1) is 0 Å². The second-order valence-corrected chi connectivity index (χ2v) is 7.80. The number of aromatic nitrogens is 5. The van der Waals surface area contributed by atoms with Crippen molar-refractivity contribution in [3.8, 4) is 5.00 Å². The Morgan fingerprint density at radius 1 is 1.33 bits per heavy atom. The molecular weight excluding hydrogens is 387 g/mol. The third kappa shape index (κ3) is 3.27. The topological polar surface area (TPSA) is 93.8 Å². The Morgan fingerprint density at radius 2 is 2.08 bits per heavy atom. The average Bonchev–Trinajstić information content (AvgIpc) is 3.17. The molecule has 0 aliphatic heterocycles. The number of thiophene rings is 1. The third-order valence-corrected chi connectivity index (χ3v) is 5.64. The van der Waals surface area contributed by atoms with Gasteiger partial charge in [0.15, 0.2) is 10.0 Å². The summed E-state index contributed by atoms with van der Waals surface area (Å²) in [5, 5.41) is 20.8. The Kier molecular flexibility index (Phi) is 4.31. The number of halogens is 3. The SMILES string of the molecule is Cc1ccc(-n2nnnc2Sc2nc(C(F)(F)F)c(C(=O)O)s2)s1. The highest BCUT2D eigenvalue weighted by Crippen LogP contribution is 2.39. The minimum atomic E-state index is -4.85. The van der Waals surface area contributed by atoms with E-state index in [1.165, 1.54) is 16.0 Å². The smallest absolute Gasteiger partial charge is 0.435 e. The first-order valence-electron chi connectivity index (χ1n) is 6.10. The Balaban J connectivity index is 1.96. The summed E-state index contributed by atoms with van der Waals surface area (Å²) in [6, 6.07) is 3.62. The van der Waals surface area contributed by atoms with E-state index in [1.807, 2.05) is 13.0 Å². The maximum Gasteiger partial charge on any atom is 0.435 e. The largest absolute Gasteiger partial charge is 0.477 e. The number of thiazole rings is 1. The van der Waals surface area contributed by atoms with Crippen molar-refractivity contribution >= 4 is 40.4 Å². The molecule has 126 valence electrons. The molecule has 0 amide bonds. The van der Waals surface area contributed by atoms with Crippen LogP contribution < -0.4 is 0 Å². The lowest BCUT2D eigenvalue weighted by Gasteiger charge is -2.02. The third-order valence-electron chi connectivity index (χ3n) is 2.62. The van der Waals surface area contributed by atoms with Crippen LogP contribution in [0.3, 0.4) is 0 Å². The molecule has 0 aliphatic carbocycles. The summed E-state index contributed by atoms with van der Waals surface area (Å²) in [5.41, 5.74) is -1.42. The van der Waals surface area contributed by atoms with Gasteiger partial charge in [0.1, 0.15) is 9.88 Å². The van der Waals surface area contributed by atoms with Crippen LogP contribution in [0.4, 0.5) is 13.2 Å². The fourth-order valence-corrected chi connectivity index (χ4v) is 4.43. The van der Waals surface area contributed by atoms with Crippen LogP contribution in [0.15, 0.2) is 21.6 Å². The van der Waals surface area contributed by atoms with Crippen molar-refractivity contribution in [2.24, 2.45) is 0 Å². The van der Waals surface area contributed by atoms with Crippen molar-refractivity contribution in [3.63, 3.8) is 0 Å². The molecular formula is C11H6F3N5O2S3. The van der Waals surface area contributed by atoms with Crippen molar-refractivity contribution in [2.45, 2.75) is 22.6 Å². The van der Waals surface area contributed by atoms with E-state index in [0.29, 0.717) is 16.3 Å². The molecule has 0 unspecified atom stereocenters. The van der Waals surface area contributed by atoms with Gasteiger partial charge in [-0.2, -0.15) is 17.9 Å². The van der Waals surface area contributed by atoms with E-state index < -0.39 is 22.7 Å². The number of rotatable bonds is 4. The van der Waals surface area contributed by atoms with Gasteiger partial charge < -0.3 is 5.11 Å². The standard InChI is InChI=1S/C11H6F3N5O2S3/c1-4-2-3-5(22-4)19-9(16-17-18-19)24-10-15-7(11(12,13)14)6(23-10)8(20)21/h2-3H,1H3,(H,20,21). The summed E-state index contributed by atoms with van der Waals surface area (Å²) in [5.74, 6) is -1.68. The highest BCUT2D eigenvalue weighted by atomic mass is 32.2. The van der Waals surface area contributed by atoms with Gasteiger partial charge in [0.25, 0.3) is 0 Å². The van der Waals surface area contributed by atoms with E-state index in [4.69, 9.17) is 5.11 Å². The molecule has 3 aromatic rings. The molecule has 3 heterocycles. The molecule has 24 heavy (non-hydrogen) atoms. The molecule has 0 radical (unpaired) electrons. The Morgan fingerprint density at radius 3 is 2.62 bits per heavy atom. The van der Waals surface area contributed by atoms with Crippen molar-refractivity contribution in [2.75, 3.05) is 0 Å². The molecule has 7 nitrogen and oxygen atoms in total. The Bertz CT molecular complexity index is 901. The van der Waals surface area contributed by atoms with Crippen molar-refractivity contribution in [3.05, 3.63) is 27.6 Å². The lowest BCUT2D eigenvalue weighted by molar-refractivity contribution is -0.141. The van der Waals surface area contributed by atoms with Gasteiger partial charge in [-0.25, -0.2) is 9.78 Å². The predicted molar refractivity (Wildman–Crippen MR) is 80.0 cm³/mol. The van der Waals surface area contributed by atoms with E-state index in [-0.39, 0.29) is 9.50 Å². The molecule has 0 atom stereocenters. The first-order valence-corrected chi connectivity index (χ1v) is 8.55. The molecule has 1 N–H and O–H groups in total. The number of hydrogen-bond acceptors (Lipinski definition) is 8. The number of carboxylic acids is 1. The van der Waals surface area contributed by atoms with Crippen LogP contribution in [0.5, 0.6) is 0 Å². The molecule has 3 aromatic heterocycles. The molecule has 13 heteroatoms. The van der Waals surface area contributed by atoms with Gasteiger partial charge >= 0.3 is 12.1 Å². The van der Waals surface area contributed by atoms with Gasteiger partial charge in [-0.3, -0.25) is 0 Å². The van der Waals surface area contributed by atoms with Crippen molar-refractivity contribution < 1.29 is 23.1 Å². The van der Waals surface area contributed by atoms with Crippen LogP contribution in [-0.4, -0.2) is 36.3 Å². The maximum absolute atomic E-state index is 12.9. The summed E-state index contributed by atoms with van der Waals surface area (Å²) in [6.45, 7) is 1.89. The monoisotopic (exact) mass is 393 g/mol. The van der Waals surface area contributed by atoms with Crippen LogP contribution in [0.2, 0.25) is 0 Å². The highest BCUT2D eigenvalue weighted by molar-refractivity contribution is 8.00. The maximum atomic E-state index is 12.9. The molecule has 0 fully saturated rings. The van der Waals surface area contributed by atoms with Gasteiger partial charge in [0, 0.05) is 4.88 Å². The lowest BCUT2D eigenvalue weighted by atomic mass is 10.3. The molecule has 0 bridgehead atoms. The van der Waals surface area contributed by atoms with Crippen LogP contribution in [0.1, 0.15) is 20.2 Å². The highest BCUT2D eigenvalue weighted by Gasteiger charge is 2.40. The summed E-state index contributed by atoms with van der Waals surface area (Å²) in [4.78, 5) is 14.5. The summed E-state index contributed by atoms with van der Waals surface area (Å²) in [7, 11) is 0. The fraction of sp³-hybridized carbons (Fsp3) is 0.182. The second kappa shape index (κ2) is 6.14. The number of tetrazole rings is 1. The zero-order chi connectivity index (χ0) is 17.5. The summed E-state index contributed by atoms with van der Waals surface area (Å²) >= 11 is 2.60. The minimum absolute atomic E-state index is 0.107. The normalized spacial score (nSPS) is 11.8. The average molecular weight is 393 g/mol. The molecule has 0 aliphatic rings. The first kappa shape index (κ1) is 16.9. The molecule has 0 saturated heterocycles. The Hall–Kier alpha value is -1.99. The van der Waals surface area contributed by atoms with E-state index in [9.17, 15) is 18.0 Å². The van der Waals surface area contributed by atoms with Crippen molar-refractivity contribution in [1.29, 1.82) is 0 Å². The van der Waals surface area contributed by atoms with E-state index >= 15 is 0 Å². The predicted octanol–water partition coefficient (Wildman–Crippen LogP) is 3.36. The summed E-state index contributed by atoms with van der Waals surface area (Å²) < 4.78 is 39.9. The minimum Gasteiger partial charge on any atom is -0.477 e. The number of aryl methyl sites for hydroxylation is 1. The Labute approximate surface area is 144 Å². The fourth-order valence-electron chi connectivity index (χ4n) is 1.68. The molecule has 0 aromatic carbocycles. The molecule has 0 spiro atoms. The number of carboxylic acid groups (broad SMARTS) is 1. The number of alkyl halides is 3. The summed E-state index contributed by atoms with van der Waals surface area (Å²) in [6.07, 6.45) is -4.85. The van der Waals surface area contributed by atoms with Crippen LogP contribution in [0.25, 0.3) is 5.00 Å². The molecule has 3 rings (SSSR count). The number of nitrogens with zero attached hydrogens (tertiary/aromatic N) is 5. The number of carbonyl (C=O) groups is 1. The van der Waals surface area contributed by atoms with Crippen LogP contribution in [0, 0.1) is 6.92 Å². The number of aromatic carboxylic acids is 1. The second-order valence-electron chi connectivity index (χ2n) is 4.32. The van der Waals surface area contributed by atoms with Gasteiger partial charge in [-0.05, 0) is 41.2 Å². The van der Waals surface area contributed by atoms with Gasteiger partial charge in [0.2, 0.25) is 5.16 Å². The van der Waals surface area contributed by atoms with E-state index in [1.54, 1.807) is 6.07 Å². The van der Waals surface area contributed by atoms with Gasteiger partial charge in [-0.15, -0.1) is 16.4 Å². The lowest BCUT2D eigenvalue weighted by Crippen LogP contribution is -2.11. The van der Waals surface area contributed by atoms with Crippen LogP contribution >= 0.6 is 34.4 Å². The zero-order valence-corrected chi connectivity index (χ0v) is 14.1. The first-order chi connectivity index (χ1) is 11.3. The quantitative estimate of drug-likeness (QED) is 0.726. The zero-order valence-electron chi connectivity index (χ0n) is 11.6. The van der Waals surface area contributed by atoms with Crippen LogP contribution in [-0.2, 0) is 6.18 Å². The van der Waals surface area contributed by atoms with Gasteiger partial charge in [-0.1, -0.05) is 11.3 Å². The molecule has 0 saturated carbocycles.